The Hall–Kier alpha value is -3.77. The van der Waals surface area contributed by atoms with Crippen LogP contribution in [-0.2, 0) is 0 Å². The lowest BCUT2D eigenvalue weighted by atomic mass is 10.1. The summed E-state index contributed by atoms with van der Waals surface area (Å²) in [5, 5.41) is 11.4. The minimum atomic E-state index is -0.293. The minimum Gasteiger partial charge on any atom is -0.318 e. The first-order valence-electron chi connectivity index (χ1n) is 11.8. The molecule has 3 aromatic carbocycles. The Morgan fingerprint density at radius 1 is 0.861 bits per heavy atom. The van der Waals surface area contributed by atoms with Crippen molar-refractivity contribution in [2.24, 2.45) is 0 Å². The van der Waals surface area contributed by atoms with E-state index >= 15 is 0 Å². The van der Waals surface area contributed by atoms with E-state index in [9.17, 15) is 9.18 Å². The van der Waals surface area contributed by atoms with Crippen LogP contribution >= 0.6 is 11.8 Å². The molecule has 0 bridgehead atoms. The summed E-state index contributed by atoms with van der Waals surface area (Å²) in [4.78, 5) is 13.3. The van der Waals surface area contributed by atoms with Gasteiger partial charge in [-0.25, -0.2) is 4.39 Å². The van der Waals surface area contributed by atoms with Gasteiger partial charge in [-0.3, -0.25) is 4.79 Å². The van der Waals surface area contributed by atoms with Crippen molar-refractivity contribution in [2.75, 3.05) is 5.75 Å². The van der Waals surface area contributed by atoms with Crippen LogP contribution in [0.25, 0.3) is 27.7 Å². The van der Waals surface area contributed by atoms with Crippen LogP contribution < -0.4 is 0 Å². The molecule has 2 heterocycles. The van der Waals surface area contributed by atoms with Crippen molar-refractivity contribution in [3.63, 3.8) is 0 Å². The van der Waals surface area contributed by atoms with E-state index in [-0.39, 0.29) is 17.4 Å². The fourth-order valence-corrected chi connectivity index (χ4v) is 5.38. The highest BCUT2D eigenvalue weighted by atomic mass is 32.2. The van der Waals surface area contributed by atoms with Gasteiger partial charge in [0, 0.05) is 39.0 Å². The summed E-state index contributed by atoms with van der Waals surface area (Å²) in [6, 6.07) is 22.4. The third-order valence-corrected chi connectivity index (χ3v) is 7.57. The summed E-state index contributed by atoms with van der Waals surface area (Å²) in [5.74, 6) is 0.0152. The van der Waals surface area contributed by atoms with E-state index in [4.69, 9.17) is 0 Å². The maximum atomic E-state index is 13.4. The van der Waals surface area contributed by atoms with E-state index in [0.29, 0.717) is 10.7 Å². The molecule has 0 unspecified atom stereocenters. The highest BCUT2D eigenvalue weighted by molar-refractivity contribution is 8.00. The van der Waals surface area contributed by atoms with Crippen molar-refractivity contribution in [3.05, 3.63) is 107 Å². The zero-order valence-corrected chi connectivity index (χ0v) is 21.5. The van der Waals surface area contributed by atoms with E-state index in [0.717, 1.165) is 39.0 Å². The first kappa shape index (κ1) is 23.9. The van der Waals surface area contributed by atoms with Gasteiger partial charge in [-0.15, -0.1) is 10.2 Å². The van der Waals surface area contributed by atoms with Crippen LogP contribution in [0.15, 0.2) is 77.8 Å². The number of aromatic nitrogens is 3. The molecule has 2 aromatic heterocycles. The lowest BCUT2D eigenvalue weighted by Crippen LogP contribution is -2.06. The number of carbonyl (C=O) groups is 1. The molecule has 0 spiro atoms. The van der Waals surface area contributed by atoms with Crippen molar-refractivity contribution in [1.82, 2.24) is 14.8 Å². The number of fused-ring (bicyclic) bond motifs is 1. The molecule has 0 aliphatic heterocycles. The molecule has 0 aliphatic rings. The molecule has 5 aromatic rings. The lowest BCUT2D eigenvalue weighted by molar-refractivity contribution is 0.102. The Morgan fingerprint density at radius 3 is 2.31 bits per heavy atom. The molecular weight excluding hydrogens is 469 g/mol. The highest BCUT2D eigenvalue weighted by Crippen LogP contribution is 2.32. The quantitative estimate of drug-likeness (QED) is 0.181. The SMILES string of the molecule is Cc1ccc(-n2c(C)cc(C(=O)CSc3nnc(-c4ccc(F)cc4)c4ccccc34)c2C)cc1C. The molecule has 36 heavy (non-hydrogen) atoms. The second-order valence-electron chi connectivity index (χ2n) is 9.01. The average molecular weight is 496 g/mol. The third kappa shape index (κ3) is 4.44. The number of aryl methyl sites for hydroxylation is 3. The minimum absolute atomic E-state index is 0.0525. The number of halogens is 1. The van der Waals surface area contributed by atoms with Gasteiger partial charge in [-0.1, -0.05) is 42.1 Å². The van der Waals surface area contributed by atoms with E-state index < -0.39 is 0 Å². The van der Waals surface area contributed by atoms with Crippen LogP contribution in [0.2, 0.25) is 0 Å². The van der Waals surface area contributed by atoms with E-state index in [1.807, 2.05) is 44.2 Å². The smallest absolute Gasteiger partial charge is 0.174 e. The molecule has 0 fully saturated rings. The van der Waals surface area contributed by atoms with Gasteiger partial charge in [0.2, 0.25) is 0 Å². The Kier molecular flexibility index (Phi) is 6.46. The van der Waals surface area contributed by atoms with Crippen LogP contribution in [0.4, 0.5) is 4.39 Å². The summed E-state index contributed by atoms with van der Waals surface area (Å²) in [7, 11) is 0. The van der Waals surface area contributed by atoms with Crippen LogP contribution in [-0.4, -0.2) is 26.3 Å². The Labute approximate surface area is 214 Å². The molecule has 4 nitrogen and oxygen atoms in total. The second kappa shape index (κ2) is 9.70. The molecule has 0 aliphatic carbocycles. The van der Waals surface area contributed by atoms with Crippen molar-refractivity contribution < 1.29 is 9.18 Å². The number of benzene rings is 3. The molecule has 0 saturated carbocycles. The maximum absolute atomic E-state index is 13.4. The predicted octanol–water partition coefficient (Wildman–Crippen LogP) is 7.44. The van der Waals surface area contributed by atoms with Gasteiger partial charge in [-0.2, -0.15) is 0 Å². The number of thioether (sulfide) groups is 1. The van der Waals surface area contributed by atoms with Gasteiger partial charge in [0.1, 0.15) is 16.5 Å². The van der Waals surface area contributed by atoms with Crippen LogP contribution in [0.1, 0.15) is 32.9 Å². The van der Waals surface area contributed by atoms with Crippen LogP contribution in [0.5, 0.6) is 0 Å². The van der Waals surface area contributed by atoms with Crippen LogP contribution in [0, 0.1) is 33.5 Å². The molecular formula is C30H26FN3OS. The summed E-state index contributed by atoms with van der Waals surface area (Å²) in [6.07, 6.45) is 0. The largest absolute Gasteiger partial charge is 0.318 e. The second-order valence-corrected chi connectivity index (χ2v) is 9.97. The van der Waals surface area contributed by atoms with Crippen molar-refractivity contribution >= 4 is 28.3 Å². The number of Topliss-reactive ketones (excluding diaryl/α,β-unsaturated/α-hetero) is 1. The Balaban J connectivity index is 1.42. The van der Waals surface area contributed by atoms with E-state index in [1.54, 1.807) is 12.1 Å². The molecule has 0 N–H and O–H groups in total. The summed E-state index contributed by atoms with van der Waals surface area (Å²) in [5.41, 5.74) is 7.70. The maximum Gasteiger partial charge on any atom is 0.174 e. The molecule has 180 valence electrons. The standard InChI is InChI=1S/C30H26FN3OS/c1-18-9-14-24(15-19(18)2)34-20(3)16-27(21(34)4)28(35)17-36-30-26-8-6-5-7-25(26)29(32-33-30)22-10-12-23(31)13-11-22/h5-16H,17H2,1-4H3. The first-order chi connectivity index (χ1) is 17.3. The molecule has 0 saturated heterocycles. The number of ketones is 1. The Bertz CT molecular complexity index is 1610. The number of hydrogen-bond donors (Lipinski definition) is 0. The van der Waals surface area contributed by atoms with Gasteiger partial charge in [0.15, 0.2) is 5.78 Å². The average Bonchev–Trinajstić information content (AvgIpc) is 3.18. The monoisotopic (exact) mass is 495 g/mol. The lowest BCUT2D eigenvalue weighted by Gasteiger charge is -2.12. The molecule has 5 rings (SSSR count). The Morgan fingerprint density at radius 2 is 1.58 bits per heavy atom. The van der Waals surface area contributed by atoms with Crippen molar-refractivity contribution in [2.45, 2.75) is 32.7 Å². The van der Waals surface area contributed by atoms with Gasteiger partial charge in [-0.05, 0) is 81.3 Å². The number of rotatable bonds is 6. The highest BCUT2D eigenvalue weighted by Gasteiger charge is 2.19. The first-order valence-corrected chi connectivity index (χ1v) is 12.8. The topological polar surface area (TPSA) is 47.8 Å². The normalized spacial score (nSPS) is 11.2. The zero-order valence-electron chi connectivity index (χ0n) is 20.7. The predicted molar refractivity (Wildman–Crippen MR) is 145 cm³/mol. The number of nitrogens with zero attached hydrogens (tertiary/aromatic N) is 3. The van der Waals surface area contributed by atoms with Gasteiger partial charge < -0.3 is 4.57 Å². The van der Waals surface area contributed by atoms with Gasteiger partial charge >= 0.3 is 0 Å². The third-order valence-electron chi connectivity index (χ3n) is 6.59. The summed E-state index contributed by atoms with van der Waals surface area (Å²) < 4.78 is 15.5. The van der Waals surface area contributed by atoms with Crippen molar-refractivity contribution in [3.8, 4) is 16.9 Å². The zero-order chi connectivity index (χ0) is 25.4. The van der Waals surface area contributed by atoms with Gasteiger partial charge in [0.25, 0.3) is 0 Å². The molecule has 0 atom stereocenters. The number of hydrogen-bond acceptors (Lipinski definition) is 4. The summed E-state index contributed by atoms with van der Waals surface area (Å²) in [6.45, 7) is 8.22. The van der Waals surface area contributed by atoms with Crippen molar-refractivity contribution in [1.29, 1.82) is 0 Å². The van der Waals surface area contributed by atoms with E-state index in [1.165, 1.54) is 35.0 Å². The summed E-state index contributed by atoms with van der Waals surface area (Å²) >= 11 is 1.39. The fourth-order valence-electron chi connectivity index (χ4n) is 4.53. The molecule has 0 radical (unpaired) electrons. The van der Waals surface area contributed by atoms with Gasteiger partial charge in [0.05, 0.1) is 5.75 Å². The van der Waals surface area contributed by atoms with E-state index in [2.05, 4.69) is 46.8 Å². The fraction of sp³-hybridized carbons (Fsp3) is 0.167. The number of carbonyl (C=O) groups excluding carboxylic acids is 1. The van der Waals surface area contributed by atoms with Crippen LogP contribution in [0.3, 0.4) is 0 Å². The molecule has 0 amide bonds. The molecule has 6 heteroatoms.